The van der Waals surface area contributed by atoms with E-state index >= 15 is 0 Å². The van der Waals surface area contributed by atoms with Crippen LogP contribution in [0.1, 0.15) is 13.8 Å². The Balaban J connectivity index is 3.15. The van der Waals surface area contributed by atoms with Crippen LogP contribution < -0.4 is 0 Å². The quantitative estimate of drug-likeness (QED) is 0.672. The first-order valence-electron chi connectivity index (χ1n) is 3.77. The van der Waals surface area contributed by atoms with Crippen molar-refractivity contribution in [3.63, 3.8) is 0 Å². The van der Waals surface area contributed by atoms with E-state index in [-0.39, 0.29) is 5.78 Å². The van der Waals surface area contributed by atoms with E-state index in [9.17, 15) is 4.79 Å². The van der Waals surface area contributed by atoms with Crippen LogP contribution in [0.5, 0.6) is 0 Å². The summed E-state index contributed by atoms with van der Waals surface area (Å²) in [5.41, 5.74) is 0.436. The van der Waals surface area contributed by atoms with Crippen molar-refractivity contribution < 1.29 is 4.79 Å². The molecule has 0 radical (unpaired) electrons. The first kappa shape index (κ1) is 11.3. The minimum atomic E-state index is -0.551. The number of halogens is 3. The van der Waals surface area contributed by atoms with Gasteiger partial charge in [-0.2, -0.15) is 0 Å². The summed E-state index contributed by atoms with van der Waals surface area (Å²) in [5, 5.41) is 0. The SMILES string of the molecule is CC1=CC(=O)C(Br)=CC1(C)C(Cl)Cl. The van der Waals surface area contributed by atoms with Gasteiger partial charge in [0, 0.05) is 5.41 Å². The zero-order valence-corrected chi connectivity index (χ0v) is 10.4. The molecule has 1 aliphatic rings. The summed E-state index contributed by atoms with van der Waals surface area (Å²) < 4.78 is 0.520. The first-order valence-corrected chi connectivity index (χ1v) is 5.44. The number of rotatable bonds is 1. The molecule has 0 saturated heterocycles. The number of alkyl halides is 2. The van der Waals surface area contributed by atoms with E-state index in [2.05, 4.69) is 15.9 Å². The van der Waals surface area contributed by atoms with Gasteiger partial charge in [0.15, 0.2) is 5.78 Å². The Hall–Kier alpha value is 0.210. The highest BCUT2D eigenvalue weighted by Crippen LogP contribution is 2.42. The van der Waals surface area contributed by atoms with Crippen LogP contribution in [0.4, 0.5) is 0 Å². The third kappa shape index (κ3) is 2.00. The van der Waals surface area contributed by atoms with E-state index in [0.717, 1.165) is 5.57 Å². The van der Waals surface area contributed by atoms with Crippen molar-refractivity contribution in [3.8, 4) is 0 Å². The van der Waals surface area contributed by atoms with E-state index in [1.807, 2.05) is 13.8 Å². The molecule has 0 bridgehead atoms. The summed E-state index contributed by atoms with van der Waals surface area (Å²) in [6.45, 7) is 3.75. The highest BCUT2D eigenvalue weighted by atomic mass is 79.9. The Kier molecular flexibility index (Phi) is 3.26. The maximum atomic E-state index is 11.2. The number of hydrogen-bond acceptors (Lipinski definition) is 1. The van der Waals surface area contributed by atoms with Gasteiger partial charge in [0.1, 0.15) is 4.84 Å². The molecule has 1 unspecified atom stereocenters. The maximum absolute atomic E-state index is 11.2. The van der Waals surface area contributed by atoms with Gasteiger partial charge in [0.25, 0.3) is 0 Å². The van der Waals surface area contributed by atoms with Crippen molar-refractivity contribution in [1.82, 2.24) is 0 Å². The molecule has 1 rings (SSSR count). The third-order valence-corrected chi connectivity index (χ3v) is 3.84. The summed E-state index contributed by atoms with van der Waals surface area (Å²) in [6.07, 6.45) is 3.32. The predicted molar refractivity (Wildman–Crippen MR) is 59.4 cm³/mol. The predicted octanol–water partition coefficient (Wildman–Crippen LogP) is 3.60. The van der Waals surface area contributed by atoms with E-state index < -0.39 is 10.3 Å². The Morgan fingerprint density at radius 2 is 2.08 bits per heavy atom. The Morgan fingerprint density at radius 1 is 1.54 bits per heavy atom. The molecule has 1 atom stereocenters. The lowest BCUT2D eigenvalue weighted by Gasteiger charge is -2.31. The van der Waals surface area contributed by atoms with Gasteiger partial charge in [-0.1, -0.05) is 11.6 Å². The Labute approximate surface area is 95.9 Å². The molecule has 0 aromatic heterocycles. The van der Waals surface area contributed by atoms with E-state index in [0.29, 0.717) is 4.48 Å². The molecule has 0 amide bonds. The van der Waals surface area contributed by atoms with Crippen LogP contribution in [0.2, 0.25) is 0 Å². The zero-order chi connectivity index (χ0) is 10.2. The molecule has 0 heterocycles. The van der Waals surface area contributed by atoms with Crippen molar-refractivity contribution in [2.24, 2.45) is 5.41 Å². The second kappa shape index (κ2) is 3.76. The molecule has 1 aliphatic carbocycles. The van der Waals surface area contributed by atoms with Crippen molar-refractivity contribution in [1.29, 1.82) is 0 Å². The Morgan fingerprint density at radius 3 is 2.54 bits per heavy atom. The summed E-state index contributed by atoms with van der Waals surface area (Å²) in [4.78, 5) is 10.7. The number of carbonyl (C=O) groups excluding carboxylic acids is 1. The fraction of sp³-hybridized carbons (Fsp3) is 0.444. The Bertz CT molecular complexity index is 307. The van der Waals surface area contributed by atoms with Gasteiger partial charge < -0.3 is 0 Å². The van der Waals surface area contributed by atoms with Crippen molar-refractivity contribution >= 4 is 44.9 Å². The molecule has 0 aromatic carbocycles. The molecule has 0 saturated carbocycles. The molecule has 1 nitrogen and oxygen atoms in total. The van der Waals surface area contributed by atoms with Crippen LogP contribution in [-0.2, 0) is 4.79 Å². The van der Waals surface area contributed by atoms with E-state index in [1.165, 1.54) is 0 Å². The fourth-order valence-corrected chi connectivity index (χ4v) is 2.16. The van der Waals surface area contributed by atoms with E-state index in [1.54, 1.807) is 12.2 Å². The number of hydrogen-bond donors (Lipinski definition) is 0. The lowest BCUT2D eigenvalue weighted by atomic mass is 9.80. The minimum Gasteiger partial charge on any atom is -0.289 e. The van der Waals surface area contributed by atoms with Crippen LogP contribution in [0.15, 0.2) is 22.2 Å². The highest BCUT2D eigenvalue weighted by molar-refractivity contribution is 9.12. The highest BCUT2D eigenvalue weighted by Gasteiger charge is 2.35. The topological polar surface area (TPSA) is 17.1 Å². The van der Waals surface area contributed by atoms with Crippen molar-refractivity contribution in [2.45, 2.75) is 18.7 Å². The summed E-state index contributed by atoms with van der Waals surface area (Å²) in [7, 11) is 0. The van der Waals surface area contributed by atoms with E-state index in [4.69, 9.17) is 23.2 Å². The van der Waals surface area contributed by atoms with Crippen LogP contribution in [-0.4, -0.2) is 10.6 Å². The lowest BCUT2D eigenvalue weighted by Crippen LogP contribution is -2.27. The number of carbonyl (C=O) groups is 1. The monoisotopic (exact) mass is 282 g/mol. The minimum absolute atomic E-state index is 0.0380. The average molecular weight is 284 g/mol. The molecule has 0 fully saturated rings. The third-order valence-electron chi connectivity index (χ3n) is 2.31. The smallest absolute Gasteiger partial charge is 0.192 e. The van der Waals surface area contributed by atoms with Crippen molar-refractivity contribution in [3.05, 3.63) is 22.2 Å². The molecule has 0 N–H and O–H groups in total. The molecular weight excluding hydrogens is 275 g/mol. The van der Waals surface area contributed by atoms with Gasteiger partial charge in [-0.05, 0) is 35.9 Å². The normalized spacial score (nSPS) is 28.9. The van der Waals surface area contributed by atoms with Gasteiger partial charge in [0.2, 0.25) is 0 Å². The van der Waals surface area contributed by atoms with Crippen LogP contribution >= 0.6 is 39.1 Å². The van der Waals surface area contributed by atoms with Crippen molar-refractivity contribution in [2.75, 3.05) is 0 Å². The summed E-state index contributed by atoms with van der Waals surface area (Å²) >= 11 is 14.9. The standard InChI is InChI=1S/C9H9BrCl2O/c1-5-3-7(13)6(10)4-9(5,2)8(11)12/h3-4,8H,1-2H3. The molecule has 0 spiro atoms. The summed E-state index contributed by atoms with van der Waals surface area (Å²) in [6, 6.07) is 0. The van der Waals surface area contributed by atoms with Crippen LogP contribution in [0.25, 0.3) is 0 Å². The molecule has 0 aromatic rings. The summed E-state index contributed by atoms with van der Waals surface area (Å²) in [5.74, 6) is -0.0380. The van der Waals surface area contributed by atoms with Gasteiger partial charge >= 0.3 is 0 Å². The second-order valence-electron chi connectivity index (χ2n) is 3.27. The second-order valence-corrected chi connectivity index (χ2v) is 5.22. The largest absolute Gasteiger partial charge is 0.289 e. The molecule has 4 heteroatoms. The van der Waals surface area contributed by atoms with Gasteiger partial charge in [-0.3, -0.25) is 4.79 Å². The maximum Gasteiger partial charge on any atom is 0.192 e. The van der Waals surface area contributed by atoms with Gasteiger partial charge in [-0.15, -0.1) is 23.2 Å². The average Bonchev–Trinajstić information content (AvgIpc) is 2.01. The van der Waals surface area contributed by atoms with Crippen LogP contribution in [0, 0.1) is 5.41 Å². The number of ketones is 1. The van der Waals surface area contributed by atoms with Crippen LogP contribution in [0.3, 0.4) is 0 Å². The molecule has 13 heavy (non-hydrogen) atoms. The zero-order valence-electron chi connectivity index (χ0n) is 7.27. The van der Waals surface area contributed by atoms with Gasteiger partial charge in [-0.25, -0.2) is 0 Å². The lowest BCUT2D eigenvalue weighted by molar-refractivity contribution is -0.110. The fourth-order valence-electron chi connectivity index (χ4n) is 1.10. The molecule has 72 valence electrons. The molecular formula is C9H9BrCl2O. The number of allylic oxidation sites excluding steroid dienone is 4. The molecule has 0 aliphatic heterocycles. The first-order chi connectivity index (χ1) is 5.88. The van der Waals surface area contributed by atoms with Gasteiger partial charge in [0.05, 0.1) is 4.48 Å².